The molecular formula is C22H21NO6S. The van der Waals surface area contributed by atoms with Crippen LogP contribution >= 0.6 is 11.8 Å². The molecule has 1 aliphatic rings. The van der Waals surface area contributed by atoms with Crippen molar-refractivity contribution in [3.05, 3.63) is 64.3 Å². The average molecular weight is 427 g/mol. The number of hydrogen-bond donors (Lipinski definition) is 2. The summed E-state index contributed by atoms with van der Waals surface area (Å²) in [6, 6.07) is 11.8. The highest BCUT2D eigenvalue weighted by atomic mass is 32.2. The Hall–Kier alpha value is -3.39. The lowest BCUT2D eigenvalue weighted by molar-refractivity contribution is -0.138. The van der Waals surface area contributed by atoms with E-state index in [0.29, 0.717) is 32.7 Å². The van der Waals surface area contributed by atoms with Gasteiger partial charge >= 0.3 is 5.97 Å². The van der Waals surface area contributed by atoms with Crippen LogP contribution in [0, 0.1) is 0 Å². The SMILES string of the molecule is CCOC(=O)C1=C(O)/C(=C/c2ccc(OC)c(O)c2)SC1=Nc1ccc(OC)cc1. The molecule has 1 aliphatic heterocycles. The Balaban J connectivity index is 2.01. The van der Waals surface area contributed by atoms with Gasteiger partial charge in [-0.3, -0.25) is 0 Å². The number of aliphatic hydroxyl groups is 1. The summed E-state index contributed by atoms with van der Waals surface area (Å²) in [5.74, 6) is 0.111. The summed E-state index contributed by atoms with van der Waals surface area (Å²) in [5.41, 5.74) is 1.22. The van der Waals surface area contributed by atoms with Crippen molar-refractivity contribution in [3.63, 3.8) is 0 Å². The van der Waals surface area contributed by atoms with Gasteiger partial charge in [0, 0.05) is 0 Å². The lowest BCUT2D eigenvalue weighted by Crippen LogP contribution is -2.12. The van der Waals surface area contributed by atoms with E-state index in [2.05, 4.69) is 4.99 Å². The molecule has 0 fully saturated rings. The fourth-order valence-corrected chi connectivity index (χ4v) is 3.75. The molecule has 3 rings (SSSR count). The van der Waals surface area contributed by atoms with Gasteiger partial charge in [-0.15, -0.1) is 0 Å². The topological polar surface area (TPSA) is 97.6 Å². The minimum absolute atomic E-state index is 0.00153. The van der Waals surface area contributed by atoms with Gasteiger partial charge in [0.15, 0.2) is 11.5 Å². The number of hydrogen-bond acceptors (Lipinski definition) is 8. The maximum absolute atomic E-state index is 12.5. The van der Waals surface area contributed by atoms with Crippen LogP contribution in [0.15, 0.2) is 63.7 Å². The second kappa shape index (κ2) is 9.41. The van der Waals surface area contributed by atoms with Crippen molar-refractivity contribution < 1.29 is 29.2 Å². The Bertz CT molecular complexity index is 1040. The largest absolute Gasteiger partial charge is 0.506 e. The monoisotopic (exact) mass is 427 g/mol. The number of phenolic OH excluding ortho intramolecular Hbond substituents is 1. The number of methoxy groups -OCH3 is 2. The predicted octanol–water partition coefficient (Wildman–Crippen LogP) is 4.60. The summed E-state index contributed by atoms with van der Waals surface area (Å²) in [6.45, 7) is 1.86. The Morgan fingerprint density at radius 2 is 1.83 bits per heavy atom. The second-order valence-electron chi connectivity index (χ2n) is 6.10. The van der Waals surface area contributed by atoms with Crippen LogP contribution in [0.25, 0.3) is 6.08 Å². The molecule has 0 unspecified atom stereocenters. The maximum atomic E-state index is 12.5. The number of carbonyl (C=O) groups is 1. The third-order valence-electron chi connectivity index (χ3n) is 4.17. The van der Waals surface area contributed by atoms with Gasteiger partial charge in [-0.05, 0) is 55.0 Å². The van der Waals surface area contributed by atoms with Crippen LogP contribution in [0.5, 0.6) is 17.2 Å². The lowest BCUT2D eigenvalue weighted by atomic mass is 10.1. The number of aromatic hydroxyl groups is 1. The standard InChI is InChI=1S/C22H21NO6S/c1-4-29-22(26)19-20(25)18(12-13-5-10-17(28-3)16(24)11-13)30-21(19)23-14-6-8-15(27-2)9-7-14/h5-12,24-25H,4H2,1-3H3/b18-12-,23-21?. The first-order valence-corrected chi connectivity index (χ1v) is 9.88. The van der Waals surface area contributed by atoms with E-state index in [1.807, 2.05) is 0 Å². The van der Waals surface area contributed by atoms with E-state index in [1.54, 1.807) is 56.5 Å². The number of rotatable bonds is 6. The highest BCUT2D eigenvalue weighted by Gasteiger charge is 2.33. The quantitative estimate of drug-likeness (QED) is 0.650. The number of nitrogens with zero attached hydrogens (tertiary/aromatic N) is 1. The van der Waals surface area contributed by atoms with Crippen LogP contribution in [-0.2, 0) is 9.53 Å². The molecule has 0 saturated heterocycles. The van der Waals surface area contributed by atoms with Crippen LogP contribution in [0.4, 0.5) is 5.69 Å². The van der Waals surface area contributed by atoms with Crippen LogP contribution in [0.3, 0.4) is 0 Å². The molecule has 0 saturated carbocycles. The summed E-state index contributed by atoms with van der Waals surface area (Å²) in [5, 5.41) is 21.0. The molecule has 2 aromatic rings. The van der Waals surface area contributed by atoms with E-state index in [0.717, 1.165) is 11.8 Å². The van der Waals surface area contributed by atoms with E-state index in [1.165, 1.54) is 13.2 Å². The van der Waals surface area contributed by atoms with Gasteiger partial charge in [-0.2, -0.15) is 0 Å². The van der Waals surface area contributed by atoms with E-state index in [9.17, 15) is 15.0 Å². The fourth-order valence-electron chi connectivity index (χ4n) is 2.71. The number of aliphatic hydroxyl groups excluding tert-OH is 1. The number of carbonyl (C=O) groups excluding carboxylic acids is 1. The van der Waals surface area contributed by atoms with Gasteiger partial charge in [-0.25, -0.2) is 9.79 Å². The van der Waals surface area contributed by atoms with Gasteiger partial charge in [0.1, 0.15) is 22.1 Å². The van der Waals surface area contributed by atoms with Crippen LogP contribution in [0.1, 0.15) is 12.5 Å². The first kappa shape index (κ1) is 21.3. The highest BCUT2D eigenvalue weighted by molar-refractivity contribution is 8.18. The van der Waals surface area contributed by atoms with Gasteiger partial charge in [0.25, 0.3) is 0 Å². The van der Waals surface area contributed by atoms with E-state index in [-0.39, 0.29) is 23.7 Å². The molecule has 0 aliphatic carbocycles. The molecule has 8 heteroatoms. The molecule has 30 heavy (non-hydrogen) atoms. The van der Waals surface area contributed by atoms with Gasteiger partial charge in [0.2, 0.25) is 0 Å². The summed E-state index contributed by atoms with van der Waals surface area (Å²) < 4.78 is 15.3. The Morgan fingerprint density at radius 3 is 2.43 bits per heavy atom. The molecular weight excluding hydrogens is 406 g/mol. The number of aliphatic imine (C=N–C) groups is 1. The van der Waals surface area contributed by atoms with Gasteiger partial charge in [-0.1, -0.05) is 17.8 Å². The van der Waals surface area contributed by atoms with Gasteiger partial charge < -0.3 is 24.4 Å². The molecule has 0 radical (unpaired) electrons. The van der Waals surface area contributed by atoms with Crippen LogP contribution < -0.4 is 9.47 Å². The summed E-state index contributed by atoms with van der Waals surface area (Å²) in [4.78, 5) is 17.4. The Morgan fingerprint density at radius 1 is 1.10 bits per heavy atom. The maximum Gasteiger partial charge on any atom is 0.344 e. The Kier molecular flexibility index (Phi) is 6.68. The zero-order valence-corrected chi connectivity index (χ0v) is 17.5. The number of thioether (sulfide) groups is 1. The minimum Gasteiger partial charge on any atom is -0.506 e. The summed E-state index contributed by atoms with van der Waals surface area (Å²) >= 11 is 1.14. The van der Waals surface area contributed by atoms with Crippen molar-refractivity contribution >= 4 is 34.5 Å². The molecule has 0 aromatic heterocycles. The number of ether oxygens (including phenoxy) is 3. The normalized spacial score (nSPS) is 16.2. The summed E-state index contributed by atoms with van der Waals surface area (Å²) in [6.07, 6.45) is 1.65. The van der Waals surface area contributed by atoms with Crippen molar-refractivity contribution in [2.45, 2.75) is 6.92 Å². The van der Waals surface area contributed by atoms with Crippen molar-refractivity contribution in [1.82, 2.24) is 0 Å². The third-order valence-corrected chi connectivity index (χ3v) is 5.19. The van der Waals surface area contributed by atoms with Crippen molar-refractivity contribution in [3.8, 4) is 17.2 Å². The van der Waals surface area contributed by atoms with E-state index in [4.69, 9.17) is 14.2 Å². The predicted molar refractivity (Wildman–Crippen MR) is 117 cm³/mol. The van der Waals surface area contributed by atoms with Crippen molar-refractivity contribution in [2.75, 3.05) is 20.8 Å². The number of phenols is 1. The highest BCUT2D eigenvalue weighted by Crippen LogP contribution is 2.41. The molecule has 7 nitrogen and oxygen atoms in total. The number of esters is 1. The van der Waals surface area contributed by atoms with Crippen LogP contribution in [0.2, 0.25) is 0 Å². The third kappa shape index (κ3) is 4.60. The molecule has 0 amide bonds. The molecule has 0 spiro atoms. The molecule has 1 heterocycles. The smallest absolute Gasteiger partial charge is 0.344 e. The van der Waals surface area contributed by atoms with Crippen LogP contribution in [-0.4, -0.2) is 42.1 Å². The first-order chi connectivity index (χ1) is 14.5. The van der Waals surface area contributed by atoms with Crippen molar-refractivity contribution in [1.29, 1.82) is 0 Å². The van der Waals surface area contributed by atoms with E-state index >= 15 is 0 Å². The van der Waals surface area contributed by atoms with E-state index < -0.39 is 5.97 Å². The lowest BCUT2D eigenvalue weighted by Gasteiger charge is -2.04. The molecule has 2 aromatic carbocycles. The molecule has 156 valence electrons. The summed E-state index contributed by atoms with van der Waals surface area (Å²) in [7, 11) is 3.03. The average Bonchev–Trinajstić information content (AvgIpc) is 3.03. The Labute approximate surface area is 178 Å². The second-order valence-corrected chi connectivity index (χ2v) is 7.13. The van der Waals surface area contributed by atoms with Gasteiger partial charge in [0.05, 0.1) is 31.4 Å². The first-order valence-electron chi connectivity index (χ1n) is 9.07. The number of benzene rings is 2. The molecule has 2 N–H and O–H groups in total. The zero-order chi connectivity index (χ0) is 21.7. The molecule has 0 bridgehead atoms. The fraction of sp³-hybridized carbons (Fsp3) is 0.182. The minimum atomic E-state index is -0.657. The van der Waals surface area contributed by atoms with Crippen molar-refractivity contribution in [2.24, 2.45) is 4.99 Å². The zero-order valence-electron chi connectivity index (χ0n) is 16.7. The molecule has 0 atom stereocenters.